The van der Waals surface area contributed by atoms with Crippen LogP contribution in [0.1, 0.15) is 83.3 Å². The second kappa shape index (κ2) is 10.5. The molecule has 1 aliphatic rings. The zero-order valence-electron chi connectivity index (χ0n) is 15.3. The quantitative estimate of drug-likeness (QED) is 0.350. The van der Waals surface area contributed by atoms with Gasteiger partial charge in [0.15, 0.2) is 0 Å². The molecule has 2 N–H and O–H groups in total. The minimum atomic E-state index is 0.0889. The highest BCUT2D eigenvalue weighted by molar-refractivity contribution is 9.11. The molecule has 2 rings (SSSR count). The monoisotopic (exact) mass is 460 g/mol. The van der Waals surface area contributed by atoms with Crippen LogP contribution in [0.4, 0.5) is 0 Å². The van der Waals surface area contributed by atoms with Crippen LogP contribution >= 0.6 is 31.9 Å². The highest BCUT2D eigenvalue weighted by Gasteiger charge is 2.26. The van der Waals surface area contributed by atoms with Crippen molar-refractivity contribution in [3.63, 3.8) is 0 Å². The summed E-state index contributed by atoms with van der Waals surface area (Å²) in [5.74, 6) is 0.484. The average molecular weight is 462 g/mol. The standard InChI is InChI=1S/C18H24Br2O2.C2H6/c1-3-4-5-9-13-15(19)17(21)14(18(22)16(13)20)12-8-6-7-11(2)10-12;1-2/h10,12,21-22H,3-9H2,1-2H3;1-2H3/t12-;/m0./s1. The van der Waals surface area contributed by atoms with Crippen molar-refractivity contribution in [2.45, 2.75) is 78.6 Å². The van der Waals surface area contributed by atoms with Crippen LogP contribution in [0.5, 0.6) is 11.5 Å². The summed E-state index contributed by atoms with van der Waals surface area (Å²) in [5, 5.41) is 21.2. The maximum absolute atomic E-state index is 10.6. The molecule has 4 heteroatoms. The number of rotatable bonds is 5. The first-order valence-corrected chi connectivity index (χ1v) is 10.6. The van der Waals surface area contributed by atoms with Crippen LogP contribution in [-0.2, 0) is 6.42 Å². The smallest absolute Gasteiger partial charge is 0.137 e. The molecule has 1 aliphatic carbocycles. The topological polar surface area (TPSA) is 40.5 Å². The maximum atomic E-state index is 10.6. The molecule has 0 saturated carbocycles. The van der Waals surface area contributed by atoms with E-state index in [1.165, 1.54) is 5.57 Å². The van der Waals surface area contributed by atoms with Crippen molar-refractivity contribution < 1.29 is 10.2 Å². The maximum Gasteiger partial charge on any atom is 0.137 e. The SMILES string of the molecule is CC.CCCCCc1c(Br)c(O)c([C@@H]2C=C(C)CCC2)c(O)c1Br. The summed E-state index contributed by atoms with van der Waals surface area (Å²) in [7, 11) is 0. The molecule has 0 aliphatic heterocycles. The number of phenolic OH excluding ortho intramolecular Hbond substituents is 2. The lowest BCUT2D eigenvalue weighted by Gasteiger charge is -2.24. The van der Waals surface area contributed by atoms with Gasteiger partial charge >= 0.3 is 0 Å². The van der Waals surface area contributed by atoms with Gasteiger partial charge in [0.25, 0.3) is 0 Å². The Bertz CT molecular complexity index is 550. The Kier molecular flexibility index (Phi) is 9.43. The van der Waals surface area contributed by atoms with E-state index in [4.69, 9.17) is 0 Å². The van der Waals surface area contributed by atoms with Gasteiger partial charge in [0.1, 0.15) is 11.5 Å². The molecule has 0 bridgehead atoms. The Morgan fingerprint density at radius 2 is 1.67 bits per heavy atom. The molecule has 1 aromatic rings. The van der Waals surface area contributed by atoms with Crippen LogP contribution in [0, 0.1) is 0 Å². The van der Waals surface area contributed by atoms with E-state index >= 15 is 0 Å². The van der Waals surface area contributed by atoms with Gasteiger partial charge in [0.2, 0.25) is 0 Å². The molecule has 1 atom stereocenters. The first kappa shape index (κ1) is 21.6. The molecule has 2 nitrogen and oxygen atoms in total. The van der Waals surface area contributed by atoms with E-state index in [9.17, 15) is 10.2 Å². The summed E-state index contributed by atoms with van der Waals surface area (Å²) in [4.78, 5) is 0. The van der Waals surface area contributed by atoms with Crippen molar-refractivity contribution in [1.82, 2.24) is 0 Å². The van der Waals surface area contributed by atoms with Gasteiger partial charge in [-0.3, -0.25) is 0 Å². The predicted octanol–water partition coefficient (Wildman–Crippen LogP) is 7.60. The Morgan fingerprint density at radius 3 is 2.17 bits per heavy atom. The number of hydrogen-bond acceptors (Lipinski definition) is 2. The van der Waals surface area contributed by atoms with Crippen molar-refractivity contribution in [1.29, 1.82) is 0 Å². The van der Waals surface area contributed by atoms with E-state index in [2.05, 4.69) is 51.8 Å². The number of phenols is 2. The molecular weight excluding hydrogens is 432 g/mol. The number of hydrogen-bond donors (Lipinski definition) is 2. The van der Waals surface area contributed by atoms with Gasteiger partial charge in [-0.2, -0.15) is 0 Å². The Morgan fingerprint density at radius 1 is 1.08 bits per heavy atom. The summed E-state index contributed by atoms with van der Waals surface area (Å²) >= 11 is 7.08. The fourth-order valence-corrected chi connectivity index (χ4v) is 4.68. The largest absolute Gasteiger partial charge is 0.506 e. The second-order valence-corrected chi connectivity index (χ2v) is 7.77. The van der Waals surface area contributed by atoms with E-state index in [-0.39, 0.29) is 17.4 Å². The summed E-state index contributed by atoms with van der Waals surface area (Å²) in [6, 6.07) is 0. The second-order valence-electron chi connectivity index (χ2n) is 6.19. The Labute approximate surface area is 163 Å². The van der Waals surface area contributed by atoms with Gasteiger partial charge in [0, 0.05) is 11.5 Å². The fourth-order valence-electron chi connectivity index (χ4n) is 3.19. The van der Waals surface area contributed by atoms with Gasteiger partial charge in [-0.15, -0.1) is 0 Å². The van der Waals surface area contributed by atoms with E-state index < -0.39 is 0 Å². The normalized spacial score (nSPS) is 17.1. The molecule has 0 spiro atoms. The summed E-state index contributed by atoms with van der Waals surface area (Å²) in [6.45, 7) is 8.28. The van der Waals surface area contributed by atoms with Crippen LogP contribution in [0.2, 0.25) is 0 Å². The fraction of sp³-hybridized carbons (Fsp3) is 0.600. The van der Waals surface area contributed by atoms with Gasteiger partial charge in [-0.25, -0.2) is 0 Å². The summed E-state index contributed by atoms with van der Waals surface area (Å²) < 4.78 is 1.44. The molecule has 0 radical (unpaired) electrons. The molecule has 0 amide bonds. The van der Waals surface area contributed by atoms with Crippen LogP contribution in [0.15, 0.2) is 20.6 Å². The lowest BCUT2D eigenvalue weighted by Crippen LogP contribution is -2.05. The van der Waals surface area contributed by atoms with E-state index in [1.807, 2.05) is 13.8 Å². The molecule has 0 saturated heterocycles. The van der Waals surface area contributed by atoms with Crippen molar-refractivity contribution >= 4 is 31.9 Å². The first-order valence-electron chi connectivity index (χ1n) is 9.06. The zero-order chi connectivity index (χ0) is 18.3. The van der Waals surface area contributed by atoms with Gasteiger partial charge < -0.3 is 10.2 Å². The number of allylic oxidation sites excluding steroid dienone is 2. The predicted molar refractivity (Wildman–Crippen MR) is 110 cm³/mol. The molecule has 0 aromatic heterocycles. The Balaban J connectivity index is 0.00000139. The van der Waals surface area contributed by atoms with Gasteiger partial charge in [-0.1, -0.05) is 45.3 Å². The van der Waals surface area contributed by atoms with E-state index in [0.717, 1.165) is 59.5 Å². The summed E-state index contributed by atoms with van der Waals surface area (Å²) in [6.07, 6.45) is 9.53. The molecule has 0 heterocycles. The van der Waals surface area contributed by atoms with Crippen LogP contribution in [0.3, 0.4) is 0 Å². The molecular formula is C20H30Br2O2. The van der Waals surface area contributed by atoms with Crippen LogP contribution in [-0.4, -0.2) is 10.2 Å². The minimum absolute atomic E-state index is 0.0889. The summed E-state index contributed by atoms with van der Waals surface area (Å²) in [5.41, 5.74) is 2.94. The van der Waals surface area contributed by atoms with Gasteiger partial charge in [0.05, 0.1) is 8.95 Å². The lowest BCUT2D eigenvalue weighted by molar-refractivity contribution is 0.422. The third-order valence-electron chi connectivity index (χ3n) is 4.43. The average Bonchev–Trinajstić information content (AvgIpc) is 2.58. The van der Waals surface area contributed by atoms with Gasteiger partial charge in [-0.05, 0) is 76.5 Å². The lowest BCUT2D eigenvalue weighted by atomic mass is 9.84. The number of benzene rings is 1. The molecule has 1 aromatic carbocycles. The number of aromatic hydroxyl groups is 2. The zero-order valence-corrected chi connectivity index (χ0v) is 18.4. The van der Waals surface area contributed by atoms with Crippen LogP contribution < -0.4 is 0 Å². The number of halogens is 2. The highest BCUT2D eigenvalue weighted by atomic mass is 79.9. The van der Waals surface area contributed by atoms with Crippen molar-refractivity contribution in [2.24, 2.45) is 0 Å². The highest BCUT2D eigenvalue weighted by Crippen LogP contribution is 2.49. The minimum Gasteiger partial charge on any atom is -0.506 e. The van der Waals surface area contributed by atoms with Crippen LogP contribution in [0.25, 0.3) is 0 Å². The van der Waals surface area contributed by atoms with Crippen molar-refractivity contribution in [3.8, 4) is 11.5 Å². The van der Waals surface area contributed by atoms with E-state index in [1.54, 1.807) is 0 Å². The number of unbranched alkanes of at least 4 members (excludes halogenated alkanes) is 2. The molecule has 0 fully saturated rings. The van der Waals surface area contributed by atoms with Crippen molar-refractivity contribution in [3.05, 3.63) is 31.7 Å². The molecule has 136 valence electrons. The molecule has 0 unspecified atom stereocenters. The third-order valence-corrected chi connectivity index (χ3v) is 6.14. The molecule has 24 heavy (non-hydrogen) atoms. The van der Waals surface area contributed by atoms with E-state index in [0.29, 0.717) is 5.56 Å². The third kappa shape index (κ3) is 5.01. The van der Waals surface area contributed by atoms with Crippen molar-refractivity contribution in [2.75, 3.05) is 0 Å². The Hall–Kier alpha value is -0.480. The first-order chi connectivity index (χ1) is 11.5.